The van der Waals surface area contributed by atoms with Gasteiger partial charge in [-0.3, -0.25) is 0 Å². The SMILES string of the molecule is CC(C)CCOC1CCCC(Cc2cccc(C(F)(F)F)c2)(NCC(O)C(F)(F)F)C1. The molecule has 0 radical (unpaired) electrons. The molecule has 1 aromatic rings. The minimum atomic E-state index is -4.77. The molecule has 1 fully saturated rings. The third kappa shape index (κ3) is 8.27. The van der Waals surface area contributed by atoms with E-state index >= 15 is 0 Å². The highest BCUT2D eigenvalue weighted by atomic mass is 19.4. The highest BCUT2D eigenvalue weighted by molar-refractivity contribution is 5.27. The molecule has 1 aliphatic rings. The van der Waals surface area contributed by atoms with Crippen molar-refractivity contribution >= 4 is 0 Å². The average molecular weight is 455 g/mol. The van der Waals surface area contributed by atoms with E-state index in [1.54, 1.807) is 6.07 Å². The molecule has 0 aliphatic heterocycles. The number of alkyl halides is 6. The van der Waals surface area contributed by atoms with Crippen LogP contribution in [0.2, 0.25) is 0 Å². The summed E-state index contributed by atoms with van der Waals surface area (Å²) in [7, 11) is 0. The van der Waals surface area contributed by atoms with Gasteiger partial charge in [0.2, 0.25) is 0 Å². The van der Waals surface area contributed by atoms with Crippen LogP contribution in [-0.2, 0) is 17.3 Å². The van der Waals surface area contributed by atoms with Crippen LogP contribution in [0, 0.1) is 5.92 Å². The van der Waals surface area contributed by atoms with Crippen LogP contribution < -0.4 is 5.32 Å². The van der Waals surface area contributed by atoms with Gasteiger partial charge in [-0.15, -0.1) is 0 Å². The Labute approximate surface area is 179 Å². The molecule has 0 aromatic heterocycles. The van der Waals surface area contributed by atoms with Crippen molar-refractivity contribution in [2.75, 3.05) is 13.2 Å². The maximum atomic E-state index is 13.1. The molecular weight excluding hydrogens is 424 g/mol. The van der Waals surface area contributed by atoms with Gasteiger partial charge in [-0.05, 0) is 56.1 Å². The zero-order valence-corrected chi connectivity index (χ0v) is 17.8. The highest BCUT2D eigenvalue weighted by Gasteiger charge is 2.42. The standard InChI is InChI=1S/C22H31F6NO2/c1-15(2)8-10-31-18-7-4-9-20(13-18,29-14-19(30)22(26,27)28)12-16-5-3-6-17(11-16)21(23,24)25/h3,5-6,11,15,18-19,29-30H,4,7-10,12-14H2,1-2H3. The van der Waals surface area contributed by atoms with Gasteiger partial charge in [-0.1, -0.05) is 32.0 Å². The first kappa shape index (κ1) is 25.9. The molecule has 3 atom stereocenters. The first-order valence-corrected chi connectivity index (χ1v) is 10.6. The zero-order valence-electron chi connectivity index (χ0n) is 17.8. The summed E-state index contributed by atoms with van der Waals surface area (Å²) in [5, 5.41) is 12.3. The number of halogens is 6. The number of β-amino-alcohol motifs (C(OH)–C–C–N with tert-alkyl or cyclic N) is 1. The number of aliphatic hydroxyl groups excluding tert-OH is 1. The lowest BCUT2D eigenvalue weighted by Gasteiger charge is -2.42. The molecule has 0 saturated heterocycles. The summed E-state index contributed by atoms with van der Waals surface area (Å²) >= 11 is 0. The van der Waals surface area contributed by atoms with E-state index in [0.29, 0.717) is 37.4 Å². The zero-order chi connectivity index (χ0) is 23.3. The molecule has 31 heavy (non-hydrogen) atoms. The molecule has 2 N–H and O–H groups in total. The minimum absolute atomic E-state index is 0.117. The Bertz CT molecular complexity index is 691. The fourth-order valence-electron chi connectivity index (χ4n) is 3.98. The van der Waals surface area contributed by atoms with E-state index in [2.05, 4.69) is 19.2 Å². The third-order valence-corrected chi connectivity index (χ3v) is 5.69. The normalized spacial score (nSPS) is 23.9. The van der Waals surface area contributed by atoms with E-state index in [1.165, 1.54) is 6.07 Å². The van der Waals surface area contributed by atoms with Gasteiger partial charge < -0.3 is 15.2 Å². The first-order chi connectivity index (χ1) is 14.3. The monoisotopic (exact) mass is 455 g/mol. The van der Waals surface area contributed by atoms with Gasteiger partial charge in [0.15, 0.2) is 6.10 Å². The van der Waals surface area contributed by atoms with Crippen molar-refractivity contribution < 1.29 is 36.2 Å². The molecule has 0 bridgehead atoms. The number of benzene rings is 1. The van der Waals surface area contributed by atoms with Crippen LogP contribution in [-0.4, -0.2) is 42.2 Å². The summed E-state index contributed by atoms with van der Waals surface area (Å²) in [5.74, 6) is 0.443. The van der Waals surface area contributed by atoms with Crippen LogP contribution in [0.5, 0.6) is 0 Å². The van der Waals surface area contributed by atoms with Crippen LogP contribution in [0.3, 0.4) is 0 Å². The van der Waals surface area contributed by atoms with Gasteiger partial charge in [0, 0.05) is 18.7 Å². The number of rotatable bonds is 9. The summed E-state index contributed by atoms with van der Waals surface area (Å²) in [6.45, 7) is 3.92. The van der Waals surface area contributed by atoms with Crippen LogP contribution >= 0.6 is 0 Å². The average Bonchev–Trinajstić information content (AvgIpc) is 2.65. The third-order valence-electron chi connectivity index (χ3n) is 5.69. The number of nitrogens with one attached hydrogen (secondary N) is 1. The quantitative estimate of drug-likeness (QED) is 0.483. The minimum Gasteiger partial charge on any atom is -0.382 e. The van der Waals surface area contributed by atoms with Crippen LogP contribution in [0.1, 0.15) is 57.1 Å². The molecule has 0 heterocycles. The van der Waals surface area contributed by atoms with Crippen molar-refractivity contribution in [3.8, 4) is 0 Å². The molecule has 1 saturated carbocycles. The maximum absolute atomic E-state index is 13.1. The molecule has 3 nitrogen and oxygen atoms in total. The van der Waals surface area contributed by atoms with E-state index in [9.17, 15) is 31.4 Å². The molecule has 178 valence electrons. The number of hydrogen-bond acceptors (Lipinski definition) is 3. The Morgan fingerprint density at radius 3 is 2.52 bits per heavy atom. The van der Waals surface area contributed by atoms with E-state index in [-0.39, 0.29) is 12.5 Å². The summed E-state index contributed by atoms with van der Waals surface area (Å²) in [6.07, 6.45) is -8.80. The molecular formula is C22H31F6NO2. The topological polar surface area (TPSA) is 41.5 Å². The van der Waals surface area contributed by atoms with Gasteiger partial charge in [0.05, 0.1) is 11.7 Å². The van der Waals surface area contributed by atoms with Crippen molar-refractivity contribution in [3.05, 3.63) is 35.4 Å². The van der Waals surface area contributed by atoms with Gasteiger partial charge in [0.1, 0.15) is 0 Å². The first-order valence-electron chi connectivity index (χ1n) is 10.6. The fraction of sp³-hybridized carbons (Fsp3) is 0.727. The second-order valence-electron chi connectivity index (χ2n) is 8.87. The largest absolute Gasteiger partial charge is 0.416 e. The summed E-state index contributed by atoms with van der Waals surface area (Å²) < 4.78 is 83.7. The van der Waals surface area contributed by atoms with E-state index < -0.39 is 36.1 Å². The molecule has 1 aliphatic carbocycles. The fourth-order valence-corrected chi connectivity index (χ4v) is 3.98. The second kappa shape index (κ2) is 10.5. The lowest BCUT2D eigenvalue weighted by Crippen LogP contribution is -2.55. The van der Waals surface area contributed by atoms with Crippen molar-refractivity contribution in [3.63, 3.8) is 0 Å². The van der Waals surface area contributed by atoms with Crippen molar-refractivity contribution in [1.82, 2.24) is 5.32 Å². The van der Waals surface area contributed by atoms with Crippen LogP contribution in [0.25, 0.3) is 0 Å². The van der Waals surface area contributed by atoms with Gasteiger partial charge in [0.25, 0.3) is 0 Å². The van der Waals surface area contributed by atoms with Gasteiger partial charge in [-0.25, -0.2) is 0 Å². The predicted octanol–water partition coefficient (Wildman–Crippen LogP) is 5.50. The van der Waals surface area contributed by atoms with Gasteiger partial charge in [-0.2, -0.15) is 26.3 Å². The highest BCUT2D eigenvalue weighted by Crippen LogP contribution is 2.36. The Balaban J connectivity index is 2.19. The molecule has 2 rings (SSSR count). The van der Waals surface area contributed by atoms with Gasteiger partial charge >= 0.3 is 12.4 Å². The Morgan fingerprint density at radius 2 is 1.90 bits per heavy atom. The molecule has 0 spiro atoms. The Kier molecular flexibility index (Phi) is 8.81. The van der Waals surface area contributed by atoms with E-state index in [4.69, 9.17) is 4.74 Å². The van der Waals surface area contributed by atoms with E-state index in [1.807, 2.05) is 0 Å². The lowest BCUT2D eigenvalue weighted by molar-refractivity contribution is -0.203. The Morgan fingerprint density at radius 1 is 1.19 bits per heavy atom. The molecule has 9 heteroatoms. The molecule has 3 unspecified atom stereocenters. The summed E-state index contributed by atoms with van der Waals surface area (Å²) in [5.41, 5.74) is -1.31. The lowest BCUT2D eigenvalue weighted by atomic mass is 9.75. The number of ether oxygens (including phenoxy) is 1. The smallest absolute Gasteiger partial charge is 0.382 e. The summed E-state index contributed by atoms with van der Waals surface area (Å²) in [4.78, 5) is 0. The van der Waals surface area contributed by atoms with Crippen LogP contribution in [0.4, 0.5) is 26.3 Å². The maximum Gasteiger partial charge on any atom is 0.416 e. The van der Waals surface area contributed by atoms with E-state index in [0.717, 1.165) is 25.0 Å². The predicted molar refractivity (Wildman–Crippen MR) is 106 cm³/mol. The number of aliphatic hydroxyl groups is 1. The van der Waals surface area contributed by atoms with Crippen molar-refractivity contribution in [2.45, 2.75) is 82.5 Å². The Hall–Kier alpha value is -1.32. The number of hydrogen-bond donors (Lipinski definition) is 2. The molecule has 0 amide bonds. The summed E-state index contributed by atoms with van der Waals surface area (Å²) in [6, 6.07) is 4.85. The molecule has 1 aromatic carbocycles. The van der Waals surface area contributed by atoms with Crippen LogP contribution in [0.15, 0.2) is 24.3 Å². The second-order valence-corrected chi connectivity index (χ2v) is 8.87. The van der Waals surface area contributed by atoms with Crippen molar-refractivity contribution in [2.24, 2.45) is 5.92 Å². The van der Waals surface area contributed by atoms with Crippen molar-refractivity contribution in [1.29, 1.82) is 0 Å².